The third-order valence-electron chi connectivity index (χ3n) is 2.48. The first-order valence-corrected chi connectivity index (χ1v) is 5.37. The number of halogens is 7. The van der Waals surface area contributed by atoms with Gasteiger partial charge in [0.2, 0.25) is 0 Å². The Morgan fingerprint density at radius 1 is 1.16 bits per heavy atom. The van der Waals surface area contributed by atoms with E-state index in [2.05, 4.69) is 4.99 Å². The minimum atomic E-state index is -6.34. The number of nitrogens with one attached hydrogen (secondary N) is 1. The van der Waals surface area contributed by atoms with Crippen molar-refractivity contribution in [1.82, 2.24) is 5.32 Å². The number of allylic oxidation sites excluding steroid dienone is 2. The van der Waals surface area contributed by atoms with Gasteiger partial charge in [-0.2, -0.15) is 30.7 Å². The Morgan fingerprint density at radius 3 is 2.21 bits per heavy atom. The lowest BCUT2D eigenvalue weighted by Crippen LogP contribution is -2.56. The molecular weight excluding hydrogens is 281 g/mol. The van der Waals surface area contributed by atoms with E-state index >= 15 is 0 Å². The lowest BCUT2D eigenvalue weighted by molar-refractivity contribution is -0.345. The van der Waals surface area contributed by atoms with E-state index in [9.17, 15) is 30.7 Å². The molecule has 1 unspecified atom stereocenters. The predicted molar refractivity (Wildman–Crippen MR) is 54.4 cm³/mol. The summed E-state index contributed by atoms with van der Waals surface area (Å²) in [5.74, 6) is -11.5. The number of nitrogens with zero attached hydrogens (tertiary/aromatic N) is 1. The number of aliphatic imine (C=N–C) groups is 1. The van der Waals surface area contributed by atoms with E-state index in [1.165, 1.54) is 0 Å². The van der Waals surface area contributed by atoms with Crippen LogP contribution < -0.4 is 5.32 Å². The van der Waals surface area contributed by atoms with Gasteiger partial charge in [0, 0.05) is 6.21 Å². The predicted octanol–water partition coefficient (Wildman–Crippen LogP) is 3.50. The van der Waals surface area contributed by atoms with Gasteiger partial charge in [0.15, 0.2) is 0 Å². The zero-order valence-electron chi connectivity index (χ0n) is 9.74. The van der Waals surface area contributed by atoms with Crippen molar-refractivity contribution in [3.63, 3.8) is 0 Å². The SMILES string of the molecule is CCCC1N=CC=C(C(F)(F)C(F)(F)C(F)(F)F)N1. The van der Waals surface area contributed by atoms with Crippen molar-refractivity contribution in [3.8, 4) is 0 Å². The molecule has 0 amide bonds. The Labute approximate surface area is 104 Å². The topological polar surface area (TPSA) is 24.4 Å². The molecule has 1 rings (SSSR count). The average molecular weight is 292 g/mol. The van der Waals surface area contributed by atoms with E-state index < -0.39 is 29.9 Å². The van der Waals surface area contributed by atoms with E-state index in [0.29, 0.717) is 12.5 Å². The molecule has 1 aliphatic rings. The highest BCUT2D eigenvalue weighted by Crippen LogP contribution is 2.49. The van der Waals surface area contributed by atoms with Gasteiger partial charge in [-0.15, -0.1) is 0 Å². The lowest BCUT2D eigenvalue weighted by Gasteiger charge is -2.32. The van der Waals surface area contributed by atoms with Crippen LogP contribution in [0.1, 0.15) is 19.8 Å². The van der Waals surface area contributed by atoms with Crippen molar-refractivity contribution in [3.05, 3.63) is 11.8 Å². The van der Waals surface area contributed by atoms with Crippen LogP contribution in [0.5, 0.6) is 0 Å². The highest BCUT2D eigenvalue weighted by molar-refractivity contribution is 5.73. The van der Waals surface area contributed by atoms with Gasteiger partial charge >= 0.3 is 18.0 Å². The van der Waals surface area contributed by atoms with Crippen LogP contribution in [0.3, 0.4) is 0 Å². The first-order valence-electron chi connectivity index (χ1n) is 5.37. The molecule has 0 bridgehead atoms. The van der Waals surface area contributed by atoms with E-state index in [4.69, 9.17) is 0 Å². The summed E-state index contributed by atoms with van der Waals surface area (Å²) in [5, 5.41) is 1.91. The molecule has 110 valence electrons. The molecule has 0 aromatic heterocycles. The lowest BCUT2D eigenvalue weighted by atomic mass is 10.1. The molecular formula is C10H11F7N2. The second-order valence-electron chi connectivity index (χ2n) is 3.97. The van der Waals surface area contributed by atoms with Gasteiger partial charge in [0.1, 0.15) is 6.17 Å². The third kappa shape index (κ3) is 2.84. The number of hydrogen-bond acceptors (Lipinski definition) is 2. The maximum Gasteiger partial charge on any atom is 0.460 e. The quantitative estimate of drug-likeness (QED) is 0.788. The smallest absolute Gasteiger partial charge is 0.362 e. The highest BCUT2D eigenvalue weighted by Gasteiger charge is 2.74. The minimum Gasteiger partial charge on any atom is -0.362 e. The Hall–Kier alpha value is -1.28. The molecule has 0 radical (unpaired) electrons. The van der Waals surface area contributed by atoms with Crippen LogP contribution in [0, 0.1) is 0 Å². The number of rotatable bonds is 4. The van der Waals surface area contributed by atoms with Crippen LogP contribution in [-0.4, -0.2) is 30.4 Å². The zero-order valence-corrected chi connectivity index (χ0v) is 9.74. The molecule has 0 saturated heterocycles. The molecule has 1 N–H and O–H groups in total. The third-order valence-corrected chi connectivity index (χ3v) is 2.48. The van der Waals surface area contributed by atoms with E-state index in [0.717, 1.165) is 6.21 Å². The maximum atomic E-state index is 13.3. The fourth-order valence-corrected chi connectivity index (χ4v) is 1.45. The molecule has 0 aliphatic carbocycles. The average Bonchev–Trinajstić information content (AvgIpc) is 2.28. The summed E-state index contributed by atoms with van der Waals surface area (Å²) < 4.78 is 88.3. The summed E-state index contributed by atoms with van der Waals surface area (Å²) in [6.45, 7) is 1.69. The molecule has 0 saturated carbocycles. The summed E-state index contributed by atoms with van der Waals surface area (Å²) in [4.78, 5) is 3.66. The fourth-order valence-electron chi connectivity index (χ4n) is 1.45. The van der Waals surface area contributed by atoms with Crippen molar-refractivity contribution < 1.29 is 30.7 Å². The molecule has 19 heavy (non-hydrogen) atoms. The van der Waals surface area contributed by atoms with Crippen molar-refractivity contribution in [2.75, 3.05) is 0 Å². The van der Waals surface area contributed by atoms with Gasteiger partial charge in [-0.25, -0.2) is 0 Å². The molecule has 0 spiro atoms. The summed E-state index contributed by atoms with van der Waals surface area (Å²) in [6, 6.07) is 0. The molecule has 0 aromatic carbocycles. The Morgan fingerprint density at radius 2 is 1.74 bits per heavy atom. The second kappa shape index (κ2) is 5.01. The van der Waals surface area contributed by atoms with Crippen molar-refractivity contribution >= 4 is 6.21 Å². The van der Waals surface area contributed by atoms with E-state index in [-0.39, 0.29) is 6.42 Å². The zero-order chi connectivity index (χ0) is 14.9. The van der Waals surface area contributed by atoms with Gasteiger partial charge in [-0.05, 0) is 12.5 Å². The summed E-state index contributed by atoms with van der Waals surface area (Å²) in [5.41, 5.74) is -1.48. The molecule has 1 atom stereocenters. The standard InChI is InChI=1S/C10H11F7N2/c1-2-3-7-18-5-4-6(19-7)8(11,12)9(13,14)10(15,16)17/h4-5,7,19H,2-3H2,1H3. The summed E-state index contributed by atoms with van der Waals surface area (Å²) in [6.07, 6.45) is -5.31. The van der Waals surface area contributed by atoms with Gasteiger partial charge in [-0.1, -0.05) is 13.3 Å². The van der Waals surface area contributed by atoms with Crippen molar-refractivity contribution in [2.24, 2.45) is 4.99 Å². The van der Waals surface area contributed by atoms with E-state index in [1.54, 1.807) is 6.92 Å². The van der Waals surface area contributed by atoms with Crippen LogP contribution >= 0.6 is 0 Å². The van der Waals surface area contributed by atoms with Crippen molar-refractivity contribution in [1.29, 1.82) is 0 Å². The number of hydrogen-bond donors (Lipinski definition) is 1. The highest BCUT2D eigenvalue weighted by atomic mass is 19.4. The Bertz CT molecular complexity index is 384. The molecule has 2 nitrogen and oxygen atoms in total. The summed E-state index contributed by atoms with van der Waals surface area (Å²) >= 11 is 0. The van der Waals surface area contributed by atoms with Crippen LogP contribution in [0.15, 0.2) is 16.8 Å². The van der Waals surface area contributed by atoms with E-state index in [1.807, 2.05) is 5.32 Å². The maximum absolute atomic E-state index is 13.3. The normalized spacial score (nSPS) is 21.1. The van der Waals surface area contributed by atoms with Crippen LogP contribution in [-0.2, 0) is 0 Å². The molecule has 0 fully saturated rings. The van der Waals surface area contributed by atoms with Crippen LogP contribution in [0.4, 0.5) is 30.7 Å². The Balaban J connectivity index is 3.01. The van der Waals surface area contributed by atoms with Crippen LogP contribution in [0.2, 0.25) is 0 Å². The molecule has 0 aromatic rings. The largest absolute Gasteiger partial charge is 0.460 e. The molecule has 9 heteroatoms. The van der Waals surface area contributed by atoms with Gasteiger partial charge in [0.05, 0.1) is 5.70 Å². The van der Waals surface area contributed by atoms with Gasteiger partial charge < -0.3 is 5.32 Å². The van der Waals surface area contributed by atoms with Crippen LogP contribution in [0.25, 0.3) is 0 Å². The fraction of sp³-hybridized carbons (Fsp3) is 0.700. The first-order chi connectivity index (χ1) is 8.54. The molecule has 1 heterocycles. The molecule has 1 aliphatic heterocycles. The van der Waals surface area contributed by atoms with Crippen molar-refractivity contribution in [2.45, 2.75) is 44.0 Å². The Kier molecular flexibility index (Phi) is 4.16. The summed E-state index contributed by atoms with van der Waals surface area (Å²) in [7, 11) is 0. The monoisotopic (exact) mass is 292 g/mol. The first kappa shape index (κ1) is 15.8. The van der Waals surface area contributed by atoms with Gasteiger partial charge in [0.25, 0.3) is 0 Å². The van der Waals surface area contributed by atoms with Gasteiger partial charge in [-0.3, -0.25) is 4.99 Å². The minimum absolute atomic E-state index is 0.238. The number of alkyl halides is 7. The second-order valence-corrected chi connectivity index (χ2v) is 3.97.